The van der Waals surface area contributed by atoms with Crippen molar-refractivity contribution in [2.75, 3.05) is 7.11 Å². The van der Waals surface area contributed by atoms with Crippen LogP contribution >= 0.6 is 0 Å². The normalized spacial score (nSPS) is 25.9. The van der Waals surface area contributed by atoms with Crippen LogP contribution in [0.5, 0.6) is 0 Å². The minimum atomic E-state index is -0.401. The molecule has 0 aromatic heterocycles. The average Bonchev–Trinajstić information content (AvgIpc) is 2.60. The fourth-order valence-electron chi connectivity index (χ4n) is 1.87. The average molecular weight is 197 g/mol. The maximum absolute atomic E-state index is 11.3. The Morgan fingerprint density at radius 1 is 1.64 bits per heavy atom. The highest BCUT2D eigenvalue weighted by molar-refractivity contribution is 5.78. The number of rotatable bonds is 4. The largest absolute Gasteiger partial charge is 0.467 e. The second-order valence-electron chi connectivity index (χ2n) is 3.35. The number of nitrogens with zero attached hydrogens (tertiary/aromatic N) is 1. The van der Waals surface area contributed by atoms with E-state index in [0.29, 0.717) is 6.42 Å². The van der Waals surface area contributed by atoms with Crippen LogP contribution in [0.4, 0.5) is 0 Å². The number of esters is 1. The van der Waals surface area contributed by atoms with Crippen LogP contribution in [0.15, 0.2) is 12.7 Å². The molecule has 4 nitrogen and oxygen atoms in total. The first-order valence-electron chi connectivity index (χ1n) is 4.66. The molecule has 1 aliphatic rings. The third kappa shape index (κ3) is 1.95. The lowest BCUT2D eigenvalue weighted by Gasteiger charge is -2.23. The molecule has 2 unspecified atom stereocenters. The highest BCUT2D eigenvalue weighted by atomic mass is 16.5. The van der Waals surface area contributed by atoms with Gasteiger partial charge >= 0.3 is 5.97 Å². The van der Waals surface area contributed by atoms with Crippen LogP contribution in [-0.2, 0) is 14.3 Å². The molecular weight excluding hydrogens is 182 g/mol. The van der Waals surface area contributed by atoms with Gasteiger partial charge in [-0.25, -0.2) is 4.79 Å². The topological polar surface area (TPSA) is 46.6 Å². The Kier molecular flexibility index (Phi) is 3.68. The van der Waals surface area contributed by atoms with Gasteiger partial charge < -0.3 is 9.64 Å². The number of hydrogen-bond donors (Lipinski definition) is 0. The van der Waals surface area contributed by atoms with Crippen molar-refractivity contribution in [3.63, 3.8) is 0 Å². The Morgan fingerprint density at radius 3 is 2.86 bits per heavy atom. The zero-order chi connectivity index (χ0) is 10.6. The van der Waals surface area contributed by atoms with Gasteiger partial charge in [0.1, 0.15) is 6.04 Å². The van der Waals surface area contributed by atoms with Gasteiger partial charge in [0, 0.05) is 6.04 Å². The molecule has 1 rings (SSSR count). The van der Waals surface area contributed by atoms with E-state index in [4.69, 9.17) is 0 Å². The summed E-state index contributed by atoms with van der Waals surface area (Å²) in [6.45, 7) is 3.62. The van der Waals surface area contributed by atoms with Crippen LogP contribution in [-0.4, -0.2) is 36.5 Å². The molecule has 78 valence electrons. The van der Waals surface area contributed by atoms with Gasteiger partial charge in [0.2, 0.25) is 6.41 Å². The minimum absolute atomic E-state index is 0.106. The first-order chi connectivity index (χ1) is 6.74. The zero-order valence-corrected chi connectivity index (χ0v) is 8.31. The summed E-state index contributed by atoms with van der Waals surface area (Å²) in [4.78, 5) is 23.6. The third-order valence-corrected chi connectivity index (χ3v) is 2.59. The second kappa shape index (κ2) is 4.79. The second-order valence-corrected chi connectivity index (χ2v) is 3.35. The smallest absolute Gasteiger partial charge is 0.328 e. The van der Waals surface area contributed by atoms with E-state index in [1.807, 2.05) is 0 Å². The predicted octanol–water partition coefficient (Wildman–Crippen LogP) is 0.725. The summed E-state index contributed by atoms with van der Waals surface area (Å²) in [7, 11) is 1.34. The maximum Gasteiger partial charge on any atom is 0.328 e. The molecule has 2 atom stereocenters. The van der Waals surface area contributed by atoms with Crippen LogP contribution in [0, 0.1) is 0 Å². The van der Waals surface area contributed by atoms with Gasteiger partial charge in [0.25, 0.3) is 0 Å². The van der Waals surface area contributed by atoms with Crippen LogP contribution in [0.3, 0.4) is 0 Å². The fraction of sp³-hybridized carbons (Fsp3) is 0.600. The monoisotopic (exact) mass is 197 g/mol. The Balaban J connectivity index is 2.67. The van der Waals surface area contributed by atoms with Crippen molar-refractivity contribution in [1.82, 2.24) is 4.90 Å². The Hall–Kier alpha value is -1.32. The van der Waals surface area contributed by atoms with E-state index in [0.717, 1.165) is 19.3 Å². The minimum Gasteiger partial charge on any atom is -0.467 e. The molecule has 1 aliphatic heterocycles. The summed E-state index contributed by atoms with van der Waals surface area (Å²) >= 11 is 0. The number of methoxy groups -OCH3 is 1. The quantitative estimate of drug-likeness (QED) is 0.379. The Morgan fingerprint density at radius 2 is 2.36 bits per heavy atom. The maximum atomic E-state index is 11.3. The van der Waals surface area contributed by atoms with Crippen molar-refractivity contribution in [2.45, 2.75) is 31.3 Å². The van der Waals surface area contributed by atoms with E-state index >= 15 is 0 Å². The van der Waals surface area contributed by atoms with Crippen molar-refractivity contribution in [3.8, 4) is 0 Å². The van der Waals surface area contributed by atoms with Crippen molar-refractivity contribution in [1.29, 1.82) is 0 Å². The molecule has 0 radical (unpaired) electrons. The number of likely N-dealkylation sites (tertiary alicyclic amines) is 1. The molecule has 14 heavy (non-hydrogen) atoms. The third-order valence-electron chi connectivity index (χ3n) is 2.59. The van der Waals surface area contributed by atoms with Gasteiger partial charge in [-0.15, -0.1) is 6.58 Å². The fourth-order valence-corrected chi connectivity index (χ4v) is 1.87. The molecule has 0 aromatic carbocycles. The number of ether oxygens (including phenoxy) is 1. The van der Waals surface area contributed by atoms with Gasteiger partial charge in [-0.3, -0.25) is 4.79 Å². The van der Waals surface area contributed by atoms with E-state index in [1.54, 1.807) is 6.08 Å². The van der Waals surface area contributed by atoms with Crippen LogP contribution in [0.2, 0.25) is 0 Å². The van der Waals surface area contributed by atoms with E-state index in [1.165, 1.54) is 12.0 Å². The molecule has 0 bridgehead atoms. The number of carbonyl (C=O) groups excluding carboxylic acids is 2. The molecule has 0 saturated carbocycles. The van der Waals surface area contributed by atoms with Crippen molar-refractivity contribution < 1.29 is 14.3 Å². The molecule has 1 saturated heterocycles. The molecule has 0 spiro atoms. The van der Waals surface area contributed by atoms with Crippen molar-refractivity contribution in [3.05, 3.63) is 12.7 Å². The standard InChI is InChI=1S/C10H15NO3/c1-3-4-8-5-6-9(10(13)14-2)11(8)7-12/h3,7-9H,1,4-6H2,2H3. The Bertz CT molecular complexity index is 240. The van der Waals surface area contributed by atoms with Crippen LogP contribution < -0.4 is 0 Å². The summed E-state index contributed by atoms with van der Waals surface area (Å²) in [6, 6.07) is -0.295. The predicted molar refractivity (Wildman–Crippen MR) is 51.5 cm³/mol. The SMILES string of the molecule is C=CCC1CCC(C(=O)OC)N1C=O. The first kappa shape index (κ1) is 10.8. The van der Waals surface area contributed by atoms with E-state index in [2.05, 4.69) is 11.3 Å². The lowest BCUT2D eigenvalue weighted by Crippen LogP contribution is -2.40. The van der Waals surface area contributed by atoms with Gasteiger partial charge in [-0.2, -0.15) is 0 Å². The lowest BCUT2D eigenvalue weighted by atomic mass is 10.1. The van der Waals surface area contributed by atoms with Gasteiger partial charge in [0.05, 0.1) is 7.11 Å². The number of amides is 1. The van der Waals surface area contributed by atoms with E-state index in [9.17, 15) is 9.59 Å². The molecule has 0 N–H and O–H groups in total. The van der Waals surface area contributed by atoms with Gasteiger partial charge in [-0.05, 0) is 19.3 Å². The highest BCUT2D eigenvalue weighted by Crippen LogP contribution is 2.25. The number of carbonyl (C=O) groups is 2. The first-order valence-corrected chi connectivity index (χ1v) is 4.66. The lowest BCUT2D eigenvalue weighted by molar-refractivity contribution is -0.148. The molecule has 4 heteroatoms. The van der Waals surface area contributed by atoms with E-state index < -0.39 is 6.04 Å². The van der Waals surface area contributed by atoms with Crippen molar-refractivity contribution >= 4 is 12.4 Å². The van der Waals surface area contributed by atoms with Crippen molar-refractivity contribution in [2.24, 2.45) is 0 Å². The Labute approximate surface area is 83.5 Å². The molecule has 0 aliphatic carbocycles. The highest BCUT2D eigenvalue weighted by Gasteiger charge is 2.36. The zero-order valence-electron chi connectivity index (χ0n) is 8.31. The molecule has 1 amide bonds. The molecule has 1 fully saturated rings. The summed E-state index contributed by atoms with van der Waals surface area (Å²) in [5.74, 6) is -0.330. The van der Waals surface area contributed by atoms with Crippen LogP contribution in [0.25, 0.3) is 0 Å². The van der Waals surface area contributed by atoms with E-state index in [-0.39, 0.29) is 12.0 Å². The number of hydrogen-bond acceptors (Lipinski definition) is 3. The molecular formula is C10H15NO3. The van der Waals surface area contributed by atoms with Gasteiger partial charge in [0.15, 0.2) is 0 Å². The summed E-state index contributed by atoms with van der Waals surface area (Å²) in [5, 5.41) is 0. The summed E-state index contributed by atoms with van der Waals surface area (Å²) in [5.41, 5.74) is 0. The summed E-state index contributed by atoms with van der Waals surface area (Å²) in [6.07, 6.45) is 4.74. The van der Waals surface area contributed by atoms with Gasteiger partial charge in [-0.1, -0.05) is 6.08 Å². The molecule has 0 aromatic rings. The molecule has 1 heterocycles. The summed E-state index contributed by atoms with van der Waals surface area (Å²) < 4.78 is 4.63. The van der Waals surface area contributed by atoms with Crippen LogP contribution in [0.1, 0.15) is 19.3 Å².